The zero-order valence-corrected chi connectivity index (χ0v) is 8.09. The highest BCUT2D eigenvalue weighted by Crippen LogP contribution is 2.22. The maximum atomic E-state index is 12.9. The highest BCUT2D eigenvalue weighted by molar-refractivity contribution is 5.86. The van der Waals surface area contributed by atoms with Crippen LogP contribution in [0.15, 0.2) is 18.2 Å². The van der Waals surface area contributed by atoms with Crippen molar-refractivity contribution in [2.75, 3.05) is 13.1 Å². The van der Waals surface area contributed by atoms with E-state index in [1.54, 1.807) is 0 Å². The summed E-state index contributed by atoms with van der Waals surface area (Å²) in [5.74, 6) is -1.64. The number of hydrogen-bond donors (Lipinski definition) is 1. The molecule has 1 aromatic rings. The monoisotopic (exact) mass is 211 g/mol. The fraction of sp³-hybridized carbons (Fsp3) is 0.364. The van der Waals surface area contributed by atoms with Gasteiger partial charge in [0.2, 0.25) is 0 Å². The minimum absolute atomic E-state index is 0.0405. The molecule has 1 aliphatic rings. The third-order valence-electron chi connectivity index (χ3n) is 2.57. The van der Waals surface area contributed by atoms with Gasteiger partial charge >= 0.3 is 0 Å². The molecule has 0 saturated carbocycles. The molecular weight excluding hydrogens is 200 g/mol. The van der Waals surface area contributed by atoms with Crippen LogP contribution in [0.3, 0.4) is 0 Å². The van der Waals surface area contributed by atoms with Crippen LogP contribution >= 0.6 is 0 Å². The maximum absolute atomic E-state index is 12.9. The number of ketones is 1. The van der Waals surface area contributed by atoms with Crippen LogP contribution in [-0.4, -0.2) is 18.9 Å². The molecule has 0 aliphatic carbocycles. The quantitative estimate of drug-likeness (QED) is 0.764. The molecule has 0 radical (unpaired) electrons. The number of Topliss-reactive ketones (excluding diaryl/α,β-unsaturated/α-hetero) is 1. The maximum Gasteiger partial charge on any atom is 0.142 e. The van der Waals surface area contributed by atoms with Gasteiger partial charge in [-0.2, -0.15) is 0 Å². The molecule has 0 aromatic heterocycles. The largest absolute Gasteiger partial charge is 0.315 e. The Bertz CT molecular complexity index is 372. The summed E-state index contributed by atoms with van der Waals surface area (Å²) in [6.45, 7) is 1.11. The van der Waals surface area contributed by atoms with Crippen LogP contribution < -0.4 is 5.32 Å². The van der Waals surface area contributed by atoms with Crippen molar-refractivity contribution in [2.24, 2.45) is 0 Å². The van der Waals surface area contributed by atoms with E-state index in [4.69, 9.17) is 0 Å². The van der Waals surface area contributed by atoms with Crippen LogP contribution in [0, 0.1) is 11.6 Å². The van der Waals surface area contributed by atoms with E-state index in [0.29, 0.717) is 25.1 Å². The molecule has 0 amide bonds. The number of halogens is 2. The fourth-order valence-electron chi connectivity index (χ4n) is 1.83. The van der Waals surface area contributed by atoms with E-state index in [2.05, 4.69) is 5.32 Å². The zero-order valence-electron chi connectivity index (χ0n) is 8.09. The van der Waals surface area contributed by atoms with E-state index >= 15 is 0 Å². The SMILES string of the molecule is O=C1CCNCC1c1cc(F)cc(F)c1. The molecule has 2 nitrogen and oxygen atoms in total. The highest BCUT2D eigenvalue weighted by atomic mass is 19.1. The second-order valence-corrected chi connectivity index (χ2v) is 3.68. The minimum atomic E-state index is -0.636. The van der Waals surface area contributed by atoms with Gasteiger partial charge in [0, 0.05) is 25.6 Å². The van der Waals surface area contributed by atoms with Crippen molar-refractivity contribution in [3.8, 4) is 0 Å². The standard InChI is InChI=1S/C11H11F2NO/c12-8-3-7(4-9(13)5-8)10-6-14-2-1-11(10)15/h3-5,10,14H,1-2,6H2. The van der Waals surface area contributed by atoms with Crippen LogP contribution in [0.5, 0.6) is 0 Å². The van der Waals surface area contributed by atoms with Crippen LogP contribution in [0.2, 0.25) is 0 Å². The van der Waals surface area contributed by atoms with Gasteiger partial charge in [-0.05, 0) is 17.7 Å². The van der Waals surface area contributed by atoms with Gasteiger partial charge in [0.25, 0.3) is 0 Å². The van der Waals surface area contributed by atoms with Gasteiger partial charge in [-0.3, -0.25) is 4.79 Å². The Morgan fingerprint density at radius 2 is 1.87 bits per heavy atom. The summed E-state index contributed by atoms with van der Waals surface area (Å²) in [5, 5.41) is 3.04. The molecule has 0 spiro atoms. The lowest BCUT2D eigenvalue weighted by Gasteiger charge is -2.21. The van der Waals surface area contributed by atoms with Crippen LogP contribution in [0.4, 0.5) is 8.78 Å². The topological polar surface area (TPSA) is 29.1 Å². The number of carbonyl (C=O) groups excluding carboxylic acids is 1. The molecule has 80 valence electrons. The number of benzene rings is 1. The Labute approximate surface area is 86.3 Å². The molecule has 2 rings (SSSR count). The molecule has 1 heterocycles. The number of rotatable bonds is 1. The Balaban J connectivity index is 2.31. The van der Waals surface area contributed by atoms with E-state index in [0.717, 1.165) is 6.07 Å². The normalized spacial score (nSPS) is 21.7. The van der Waals surface area contributed by atoms with Crippen LogP contribution in [0.25, 0.3) is 0 Å². The van der Waals surface area contributed by atoms with E-state index in [-0.39, 0.29) is 5.78 Å². The summed E-state index contributed by atoms with van der Waals surface area (Å²) in [6.07, 6.45) is 0.419. The Hall–Kier alpha value is -1.29. The summed E-state index contributed by atoms with van der Waals surface area (Å²) < 4.78 is 25.9. The lowest BCUT2D eigenvalue weighted by Crippen LogP contribution is -2.35. The average Bonchev–Trinajstić information content (AvgIpc) is 2.16. The predicted molar refractivity (Wildman–Crippen MR) is 51.6 cm³/mol. The van der Waals surface area contributed by atoms with E-state index < -0.39 is 17.6 Å². The summed E-state index contributed by atoms with van der Waals surface area (Å²) >= 11 is 0. The Morgan fingerprint density at radius 1 is 1.20 bits per heavy atom. The number of piperidine rings is 1. The second-order valence-electron chi connectivity index (χ2n) is 3.68. The summed E-state index contributed by atoms with van der Waals surface area (Å²) in [7, 11) is 0. The van der Waals surface area contributed by atoms with Crippen LogP contribution in [-0.2, 0) is 4.79 Å². The van der Waals surface area contributed by atoms with Gasteiger partial charge in [0.15, 0.2) is 0 Å². The molecular formula is C11H11F2NO. The first-order valence-electron chi connectivity index (χ1n) is 4.86. The summed E-state index contributed by atoms with van der Waals surface area (Å²) in [5.41, 5.74) is 0.421. The van der Waals surface area contributed by atoms with Gasteiger partial charge in [-0.1, -0.05) is 0 Å². The molecule has 1 fully saturated rings. The third-order valence-corrected chi connectivity index (χ3v) is 2.57. The van der Waals surface area contributed by atoms with Crippen molar-refractivity contribution < 1.29 is 13.6 Å². The van der Waals surface area contributed by atoms with Crippen molar-refractivity contribution in [3.05, 3.63) is 35.4 Å². The lowest BCUT2D eigenvalue weighted by molar-refractivity contribution is -0.121. The van der Waals surface area contributed by atoms with E-state index in [1.807, 2.05) is 0 Å². The smallest absolute Gasteiger partial charge is 0.142 e. The van der Waals surface area contributed by atoms with Crippen molar-refractivity contribution in [1.29, 1.82) is 0 Å². The van der Waals surface area contributed by atoms with Gasteiger partial charge in [-0.15, -0.1) is 0 Å². The summed E-state index contributed by atoms with van der Waals surface area (Å²) in [6, 6.07) is 3.25. The molecule has 1 N–H and O–H groups in total. The zero-order chi connectivity index (χ0) is 10.8. The van der Waals surface area contributed by atoms with Crippen molar-refractivity contribution in [3.63, 3.8) is 0 Å². The first-order valence-corrected chi connectivity index (χ1v) is 4.86. The highest BCUT2D eigenvalue weighted by Gasteiger charge is 2.24. The van der Waals surface area contributed by atoms with Crippen molar-refractivity contribution in [1.82, 2.24) is 5.32 Å². The third kappa shape index (κ3) is 2.21. The number of hydrogen-bond acceptors (Lipinski definition) is 2. The molecule has 1 unspecified atom stereocenters. The predicted octanol–water partition coefficient (Wildman–Crippen LogP) is 1.61. The molecule has 4 heteroatoms. The average molecular weight is 211 g/mol. The van der Waals surface area contributed by atoms with Gasteiger partial charge in [0.05, 0.1) is 5.92 Å². The first-order chi connectivity index (χ1) is 7.16. The van der Waals surface area contributed by atoms with Crippen LogP contribution in [0.1, 0.15) is 17.9 Å². The molecule has 1 aliphatic heterocycles. The van der Waals surface area contributed by atoms with E-state index in [1.165, 1.54) is 12.1 Å². The molecule has 1 saturated heterocycles. The number of nitrogens with one attached hydrogen (secondary N) is 1. The molecule has 1 aromatic carbocycles. The van der Waals surface area contributed by atoms with E-state index in [9.17, 15) is 13.6 Å². The molecule has 0 bridgehead atoms. The Kier molecular flexibility index (Phi) is 2.77. The minimum Gasteiger partial charge on any atom is -0.315 e. The van der Waals surface area contributed by atoms with Gasteiger partial charge in [-0.25, -0.2) is 8.78 Å². The Morgan fingerprint density at radius 3 is 2.47 bits per heavy atom. The summed E-state index contributed by atoms with van der Waals surface area (Å²) in [4.78, 5) is 11.5. The van der Waals surface area contributed by atoms with Gasteiger partial charge < -0.3 is 5.32 Å². The molecule has 15 heavy (non-hydrogen) atoms. The van der Waals surface area contributed by atoms with Crippen molar-refractivity contribution in [2.45, 2.75) is 12.3 Å². The van der Waals surface area contributed by atoms with Crippen molar-refractivity contribution >= 4 is 5.78 Å². The lowest BCUT2D eigenvalue weighted by atomic mass is 9.90. The number of carbonyl (C=O) groups is 1. The fourth-order valence-corrected chi connectivity index (χ4v) is 1.83. The first kappa shape index (κ1) is 10.2. The second kappa shape index (κ2) is 4.06. The molecule has 1 atom stereocenters. The van der Waals surface area contributed by atoms with Gasteiger partial charge in [0.1, 0.15) is 17.4 Å².